The lowest BCUT2D eigenvalue weighted by Crippen LogP contribution is -2.51. The monoisotopic (exact) mass is 406 g/mol. The standard InChI is InChI=1S/C20H30N4OS2/c1-14-10-16(15(2)27-14)17-13-26-19(21-17)12-24-8-6-23(7-9-24)11-18(25)22-20(3,4)5/h10,13H,6-9,11-12H2,1-5H3,(H,22,25). The Morgan fingerprint density at radius 2 is 1.85 bits per heavy atom. The van der Waals surface area contributed by atoms with Gasteiger partial charge in [0.1, 0.15) is 5.01 Å². The summed E-state index contributed by atoms with van der Waals surface area (Å²) in [6.45, 7) is 15.6. The second-order valence-corrected chi connectivity index (χ2v) is 10.7. The molecule has 0 atom stereocenters. The van der Waals surface area contributed by atoms with Crippen molar-refractivity contribution in [2.45, 2.75) is 46.7 Å². The number of piperazine rings is 1. The van der Waals surface area contributed by atoms with Crippen LogP contribution < -0.4 is 5.32 Å². The second kappa shape index (κ2) is 8.39. The SMILES string of the molecule is Cc1cc(-c2csc(CN3CCN(CC(=O)NC(C)(C)C)CC3)n2)c(C)s1. The fraction of sp³-hybridized carbons (Fsp3) is 0.600. The zero-order chi connectivity index (χ0) is 19.6. The zero-order valence-corrected chi connectivity index (χ0v) is 18.6. The molecule has 2 aromatic heterocycles. The van der Waals surface area contributed by atoms with E-state index < -0.39 is 0 Å². The molecular formula is C20H30N4OS2. The molecule has 1 aliphatic heterocycles. The van der Waals surface area contributed by atoms with Gasteiger partial charge in [0.15, 0.2) is 0 Å². The van der Waals surface area contributed by atoms with Crippen LogP contribution in [0.3, 0.4) is 0 Å². The maximum Gasteiger partial charge on any atom is 0.234 e. The molecular weight excluding hydrogens is 376 g/mol. The molecule has 0 spiro atoms. The van der Waals surface area contributed by atoms with Gasteiger partial charge in [0.25, 0.3) is 0 Å². The minimum absolute atomic E-state index is 0.113. The molecule has 0 saturated carbocycles. The van der Waals surface area contributed by atoms with Crippen molar-refractivity contribution in [2.24, 2.45) is 0 Å². The van der Waals surface area contributed by atoms with Crippen molar-refractivity contribution in [3.05, 3.63) is 26.2 Å². The van der Waals surface area contributed by atoms with Gasteiger partial charge >= 0.3 is 0 Å². The average Bonchev–Trinajstić information content (AvgIpc) is 3.13. The van der Waals surface area contributed by atoms with Gasteiger partial charge in [-0.1, -0.05) is 0 Å². The van der Waals surface area contributed by atoms with E-state index in [0.717, 1.165) is 38.4 Å². The average molecular weight is 407 g/mol. The number of carbonyl (C=O) groups is 1. The number of aromatic nitrogens is 1. The van der Waals surface area contributed by atoms with Gasteiger partial charge in [-0.3, -0.25) is 14.6 Å². The van der Waals surface area contributed by atoms with Gasteiger partial charge in [-0.05, 0) is 40.7 Å². The van der Waals surface area contributed by atoms with Crippen LogP contribution in [-0.2, 0) is 11.3 Å². The van der Waals surface area contributed by atoms with Crippen molar-refractivity contribution in [2.75, 3.05) is 32.7 Å². The van der Waals surface area contributed by atoms with Gasteiger partial charge in [-0.2, -0.15) is 0 Å². The predicted octanol–water partition coefficient (Wildman–Crippen LogP) is 3.52. The highest BCUT2D eigenvalue weighted by Crippen LogP contribution is 2.31. The number of hydrogen-bond donors (Lipinski definition) is 1. The van der Waals surface area contributed by atoms with E-state index >= 15 is 0 Å². The molecule has 1 saturated heterocycles. The van der Waals surface area contributed by atoms with Crippen LogP contribution in [0.1, 0.15) is 35.5 Å². The number of amides is 1. The Labute approximate surface area is 170 Å². The molecule has 7 heteroatoms. The summed E-state index contributed by atoms with van der Waals surface area (Å²) >= 11 is 3.58. The fourth-order valence-electron chi connectivity index (χ4n) is 3.35. The zero-order valence-electron chi connectivity index (χ0n) is 17.0. The molecule has 1 N–H and O–H groups in total. The number of nitrogens with zero attached hydrogens (tertiary/aromatic N) is 3. The number of rotatable bonds is 5. The summed E-state index contributed by atoms with van der Waals surface area (Å²) in [5, 5.41) is 6.39. The lowest BCUT2D eigenvalue weighted by atomic mass is 10.1. The quantitative estimate of drug-likeness (QED) is 0.825. The number of nitrogens with one attached hydrogen (secondary N) is 1. The predicted molar refractivity (Wildman–Crippen MR) is 115 cm³/mol. The molecule has 27 heavy (non-hydrogen) atoms. The van der Waals surface area contributed by atoms with Crippen LogP contribution in [0.2, 0.25) is 0 Å². The summed E-state index contributed by atoms with van der Waals surface area (Å²) in [4.78, 5) is 24.3. The molecule has 0 unspecified atom stereocenters. The van der Waals surface area contributed by atoms with Crippen LogP contribution in [0.15, 0.2) is 11.4 Å². The van der Waals surface area contributed by atoms with Gasteiger partial charge in [0.05, 0.1) is 18.8 Å². The normalized spacial score (nSPS) is 16.6. The molecule has 5 nitrogen and oxygen atoms in total. The van der Waals surface area contributed by atoms with E-state index in [-0.39, 0.29) is 11.4 Å². The van der Waals surface area contributed by atoms with Gasteiger partial charge < -0.3 is 5.32 Å². The Morgan fingerprint density at radius 1 is 1.19 bits per heavy atom. The van der Waals surface area contributed by atoms with Crippen LogP contribution in [0.25, 0.3) is 11.3 Å². The first-order chi connectivity index (χ1) is 12.7. The highest BCUT2D eigenvalue weighted by molar-refractivity contribution is 7.12. The third-order valence-corrected chi connectivity index (χ3v) is 6.37. The van der Waals surface area contributed by atoms with E-state index in [0.29, 0.717) is 6.54 Å². The summed E-state index contributed by atoms with van der Waals surface area (Å²) < 4.78 is 0. The van der Waals surface area contributed by atoms with E-state index in [2.05, 4.69) is 40.4 Å². The summed E-state index contributed by atoms with van der Waals surface area (Å²) in [6.07, 6.45) is 0. The van der Waals surface area contributed by atoms with E-state index in [1.807, 2.05) is 32.1 Å². The minimum atomic E-state index is -0.166. The highest BCUT2D eigenvalue weighted by Gasteiger charge is 2.22. The molecule has 2 aromatic rings. The van der Waals surface area contributed by atoms with E-state index in [1.165, 1.54) is 20.3 Å². The van der Waals surface area contributed by atoms with E-state index in [9.17, 15) is 4.79 Å². The van der Waals surface area contributed by atoms with Gasteiger partial charge in [0, 0.05) is 52.4 Å². The van der Waals surface area contributed by atoms with Crippen LogP contribution in [-0.4, -0.2) is 59.0 Å². The fourth-order valence-corrected chi connectivity index (χ4v) is 5.12. The third-order valence-electron chi connectivity index (χ3n) is 4.57. The first kappa shape index (κ1) is 20.5. The summed E-state index contributed by atoms with van der Waals surface area (Å²) in [5.74, 6) is 0.113. The summed E-state index contributed by atoms with van der Waals surface area (Å²) in [6, 6.07) is 2.24. The van der Waals surface area contributed by atoms with Crippen molar-refractivity contribution < 1.29 is 4.79 Å². The Morgan fingerprint density at radius 3 is 2.44 bits per heavy atom. The van der Waals surface area contributed by atoms with Crippen molar-refractivity contribution in [1.29, 1.82) is 0 Å². The van der Waals surface area contributed by atoms with Crippen LogP contribution in [0.5, 0.6) is 0 Å². The van der Waals surface area contributed by atoms with Crippen molar-refractivity contribution in [1.82, 2.24) is 20.1 Å². The number of aryl methyl sites for hydroxylation is 2. The maximum absolute atomic E-state index is 12.1. The molecule has 1 amide bonds. The van der Waals surface area contributed by atoms with Crippen LogP contribution in [0, 0.1) is 13.8 Å². The number of carbonyl (C=O) groups excluding carboxylic acids is 1. The topological polar surface area (TPSA) is 48.5 Å². The molecule has 0 aromatic carbocycles. The van der Waals surface area contributed by atoms with Crippen LogP contribution in [0.4, 0.5) is 0 Å². The molecule has 3 rings (SSSR count). The van der Waals surface area contributed by atoms with Gasteiger partial charge in [0.2, 0.25) is 5.91 Å². The van der Waals surface area contributed by atoms with E-state index in [4.69, 9.17) is 4.98 Å². The summed E-state index contributed by atoms with van der Waals surface area (Å²) in [5.41, 5.74) is 2.21. The lowest BCUT2D eigenvalue weighted by molar-refractivity contribution is -0.124. The Bertz CT molecular complexity index is 782. The Hall–Kier alpha value is -1.28. The van der Waals surface area contributed by atoms with Crippen LogP contribution >= 0.6 is 22.7 Å². The molecule has 0 bridgehead atoms. The highest BCUT2D eigenvalue weighted by atomic mass is 32.1. The largest absolute Gasteiger partial charge is 0.350 e. The molecule has 1 aliphatic rings. The van der Waals surface area contributed by atoms with Crippen molar-refractivity contribution in [3.63, 3.8) is 0 Å². The van der Waals surface area contributed by atoms with Crippen molar-refractivity contribution >= 4 is 28.6 Å². The molecule has 148 valence electrons. The minimum Gasteiger partial charge on any atom is -0.350 e. The second-order valence-electron chi connectivity index (χ2n) is 8.30. The molecule has 1 fully saturated rings. The smallest absolute Gasteiger partial charge is 0.234 e. The van der Waals surface area contributed by atoms with E-state index in [1.54, 1.807) is 11.3 Å². The number of hydrogen-bond acceptors (Lipinski definition) is 6. The number of thiazole rings is 1. The third kappa shape index (κ3) is 5.85. The van der Waals surface area contributed by atoms with Gasteiger partial charge in [-0.15, -0.1) is 22.7 Å². The first-order valence-corrected chi connectivity index (χ1v) is 11.2. The Kier molecular flexibility index (Phi) is 6.35. The Balaban J connectivity index is 1.48. The first-order valence-electron chi connectivity index (χ1n) is 9.47. The molecule has 3 heterocycles. The van der Waals surface area contributed by atoms with Gasteiger partial charge in [-0.25, -0.2) is 4.98 Å². The lowest BCUT2D eigenvalue weighted by Gasteiger charge is -2.34. The molecule has 0 aliphatic carbocycles. The number of thiophene rings is 1. The van der Waals surface area contributed by atoms with Crippen molar-refractivity contribution in [3.8, 4) is 11.3 Å². The summed E-state index contributed by atoms with van der Waals surface area (Å²) in [7, 11) is 0. The molecule has 0 radical (unpaired) electrons. The maximum atomic E-state index is 12.1.